The molecule has 0 atom stereocenters. The Morgan fingerprint density at radius 3 is 2.81 bits per heavy atom. The molecule has 1 N–H and O–H groups in total. The van der Waals surface area contributed by atoms with Crippen molar-refractivity contribution in [2.45, 2.75) is 19.4 Å². The van der Waals surface area contributed by atoms with Crippen LogP contribution in [-0.2, 0) is 16.1 Å². The van der Waals surface area contributed by atoms with Gasteiger partial charge in [0.25, 0.3) is 5.91 Å². The lowest BCUT2D eigenvalue weighted by Crippen LogP contribution is -2.29. The average molecular weight is 387 g/mol. The molecule has 0 aliphatic carbocycles. The fourth-order valence-corrected chi connectivity index (χ4v) is 3.85. The summed E-state index contributed by atoms with van der Waals surface area (Å²) in [6.45, 7) is 0.979. The highest BCUT2D eigenvalue weighted by Gasteiger charge is 2.31. The minimum Gasteiger partial charge on any atom is -0.481 e. The number of carboxylic acid groups (broad SMARTS) is 1. The minimum atomic E-state index is -0.878. The van der Waals surface area contributed by atoms with Crippen molar-refractivity contribution in [3.05, 3.63) is 58.8 Å². The van der Waals surface area contributed by atoms with E-state index < -0.39 is 5.97 Å². The van der Waals surface area contributed by atoms with Crippen LogP contribution in [0.1, 0.15) is 24.0 Å². The molecule has 0 unspecified atom stereocenters. The van der Waals surface area contributed by atoms with Gasteiger partial charge in [0.05, 0.1) is 17.6 Å². The number of nitrogens with zero attached hydrogens (tertiary/aromatic N) is 3. The van der Waals surface area contributed by atoms with Gasteiger partial charge in [-0.1, -0.05) is 54.3 Å². The second kappa shape index (κ2) is 8.29. The highest BCUT2D eigenvalue weighted by atomic mass is 32.2. The van der Waals surface area contributed by atoms with Crippen LogP contribution < -0.4 is 0 Å². The van der Waals surface area contributed by atoms with Gasteiger partial charge in [0.15, 0.2) is 0 Å². The third-order valence-corrected chi connectivity index (χ3v) is 5.16. The average Bonchev–Trinajstić information content (AvgIpc) is 3.15. The fourth-order valence-electron chi connectivity index (χ4n) is 2.54. The Kier molecular flexibility index (Phi) is 5.85. The smallest absolute Gasteiger partial charge is 0.303 e. The second-order valence-electron chi connectivity index (χ2n) is 5.79. The molecule has 1 aliphatic rings. The number of carbonyl (C=O) groups is 2. The van der Waals surface area contributed by atoms with Crippen molar-refractivity contribution in [2.75, 3.05) is 6.54 Å². The lowest BCUT2D eigenvalue weighted by molar-refractivity contribution is -0.137. The Hall–Kier alpha value is -2.45. The number of benzene rings is 1. The van der Waals surface area contributed by atoms with Crippen LogP contribution >= 0.6 is 24.0 Å². The van der Waals surface area contributed by atoms with Crippen molar-refractivity contribution in [3.8, 4) is 0 Å². The van der Waals surface area contributed by atoms with Crippen LogP contribution in [0.25, 0.3) is 6.08 Å². The zero-order valence-corrected chi connectivity index (χ0v) is 15.5. The molecule has 1 fully saturated rings. The topological polar surface area (TPSA) is 75.4 Å². The Labute approximate surface area is 160 Å². The number of rotatable bonds is 7. The Balaban J connectivity index is 1.65. The van der Waals surface area contributed by atoms with Gasteiger partial charge >= 0.3 is 5.97 Å². The summed E-state index contributed by atoms with van der Waals surface area (Å²) in [6, 6.07) is 9.99. The Morgan fingerprint density at radius 1 is 1.31 bits per heavy atom. The van der Waals surface area contributed by atoms with Gasteiger partial charge in [0.1, 0.15) is 4.32 Å². The van der Waals surface area contributed by atoms with E-state index in [1.54, 1.807) is 12.3 Å². The lowest BCUT2D eigenvalue weighted by atomic mass is 10.2. The normalized spacial score (nSPS) is 15.8. The van der Waals surface area contributed by atoms with Crippen molar-refractivity contribution in [1.29, 1.82) is 0 Å². The van der Waals surface area contributed by atoms with Crippen LogP contribution in [0.15, 0.2) is 47.6 Å². The first kappa shape index (κ1) is 18.3. The quantitative estimate of drug-likeness (QED) is 0.581. The van der Waals surface area contributed by atoms with Gasteiger partial charge in [-0.2, -0.15) is 5.10 Å². The zero-order valence-electron chi connectivity index (χ0n) is 13.9. The van der Waals surface area contributed by atoms with Gasteiger partial charge in [0.2, 0.25) is 0 Å². The number of thiocarbonyl (C=S) groups is 1. The van der Waals surface area contributed by atoms with Crippen molar-refractivity contribution >= 4 is 46.3 Å². The SMILES string of the molecule is O=C(O)CCCN1C(=O)/C(=C\c2cnn(Cc3ccccc3)c2)SC1=S. The number of hydrogen-bond donors (Lipinski definition) is 1. The minimum absolute atomic E-state index is 0.0162. The van der Waals surface area contributed by atoms with Gasteiger partial charge in [-0.3, -0.25) is 19.2 Å². The lowest BCUT2D eigenvalue weighted by Gasteiger charge is -2.13. The van der Waals surface area contributed by atoms with E-state index in [9.17, 15) is 9.59 Å². The predicted octanol–water partition coefficient (Wildman–Crippen LogP) is 3.00. The molecule has 1 aromatic heterocycles. The van der Waals surface area contributed by atoms with Crippen LogP contribution in [0.3, 0.4) is 0 Å². The van der Waals surface area contributed by atoms with Crippen molar-refractivity contribution in [3.63, 3.8) is 0 Å². The zero-order chi connectivity index (χ0) is 18.5. The summed E-state index contributed by atoms with van der Waals surface area (Å²) < 4.78 is 2.28. The molecule has 1 aromatic carbocycles. The first-order valence-electron chi connectivity index (χ1n) is 8.06. The highest BCUT2D eigenvalue weighted by molar-refractivity contribution is 8.26. The van der Waals surface area contributed by atoms with E-state index in [4.69, 9.17) is 17.3 Å². The molecule has 8 heteroatoms. The van der Waals surface area contributed by atoms with Crippen molar-refractivity contribution < 1.29 is 14.7 Å². The van der Waals surface area contributed by atoms with Crippen LogP contribution in [0.5, 0.6) is 0 Å². The third-order valence-electron chi connectivity index (χ3n) is 3.78. The van der Waals surface area contributed by atoms with Crippen LogP contribution in [0, 0.1) is 0 Å². The van der Waals surface area contributed by atoms with E-state index in [-0.39, 0.29) is 12.3 Å². The molecule has 3 rings (SSSR count). The first-order valence-corrected chi connectivity index (χ1v) is 9.29. The van der Waals surface area contributed by atoms with Crippen LogP contribution in [0.2, 0.25) is 0 Å². The number of carbonyl (C=O) groups excluding carboxylic acids is 1. The number of aliphatic carboxylic acids is 1. The van der Waals surface area contributed by atoms with E-state index in [0.29, 0.717) is 28.7 Å². The maximum absolute atomic E-state index is 12.5. The summed E-state index contributed by atoms with van der Waals surface area (Å²) in [5, 5.41) is 13.0. The summed E-state index contributed by atoms with van der Waals surface area (Å²) in [7, 11) is 0. The monoisotopic (exact) mass is 387 g/mol. The third kappa shape index (κ3) is 4.59. The van der Waals surface area contributed by atoms with Gasteiger partial charge in [-0.05, 0) is 18.1 Å². The molecule has 1 saturated heterocycles. The summed E-state index contributed by atoms with van der Waals surface area (Å²) in [4.78, 5) is 25.1. The summed E-state index contributed by atoms with van der Waals surface area (Å²) in [6.07, 6.45) is 5.75. The molecule has 0 spiro atoms. The molecule has 0 bridgehead atoms. The molecule has 26 heavy (non-hydrogen) atoms. The molecule has 0 radical (unpaired) electrons. The number of aromatic nitrogens is 2. The maximum atomic E-state index is 12.5. The van der Waals surface area contributed by atoms with Crippen molar-refractivity contribution in [2.24, 2.45) is 0 Å². The van der Waals surface area contributed by atoms with Gasteiger partial charge in [0, 0.05) is 24.7 Å². The van der Waals surface area contributed by atoms with E-state index in [0.717, 1.165) is 11.1 Å². The fraction of sp³-hybridized carbons (Fsp3) is 0.222. The molecular formula is C18H17N3O3S2. The molecule has 1 amide bonds. The Morgan fingerprint density at radius 2 is 2.08 bits per heavy atom. The van der Waals surface area contributed by atoms with Crippen LogP contribution in [0.4, 0.5) is 0 Å². The summed E-state index contributed by atoms with van der Waals surface area (Å²) >= 11 is 6.47. The molecular weight excluding hydrogens is 370 g/mol. The summed E-state index contributed by atoms with van der Waals surface area (Å²) in [5.41, 5.74) is 1.97. The highest BCUT2D eigenvalue weighted by Crippen LogP contribution is 2.32. The molecule has 2 heterocycles. The van der Waals surface area contributed by atoms with Crippen LogP contribution in [-0.4, -0.2) is 42.5 Å². The maximum Gasteiger partial charge on any atom is 0.303 e. The van der Waals surface area contributed by atoms with E-state index in [1.807, 2.05) is 41.2 Å². The summed E-state index contributed by atoms with van der Waals surface area (Å²) in [5.74, 6) is -1.06. The van der Waals surface area contributed by atoms with Gasteiger partial charge in [-0.15, -0.1) is 0 Å². The molecule has 1 aliphatic heterocycles. The predicted molar refractivity (Wildman–Crippen MR) is 105 cm³/mol. The van der Waals surface area contributed by atoms with E-state index in [1.165, 1.54) is 16.7 Å². The van der Waals surface area contributed by atoms with Gasteiger partial charge < -0.3 is 5.11 Å². The molecule has 134 valence electrons. The Bertz CT molecular complexity index is 862. The van der Waals surface area contributed by atoms with Crippen molar-refractivity contribution in [1.82, 2.24) is 14.7 Å². The number of hydrogen-bond acceptors (Lipinski definition) is 5. The standard InChI is InChI=1S/C18H17N3O3S2/c22-16(23)7-4-8-21-17(24)15(26-18(21)25)9-14-10-19-20(12-14)11-13-5-2-1-3-6-13/h1-3,5-6,9-10,12H,4,7-8,11H2,(H,22,23)/b15-9+. The largest absolute Gasteiger partial charge is 0.481 e. The number of thioether (sulfide) groups is 1. The van der Waals surface area contributed by atoms with E-state index in [2.05, 4.69) is 5.10 Å². The first-order chi connectivity index (χ1) is 12.5. The van der Waals surface area contributed by atoms with E-state index >= 15 is 0 Å². The molecule has 0 saturated carbocycles. The number of carboxylic acids is 1. The van der Waals surface area contributed by atoms with Gasteiger partial charge in [-0.25, -0.2) is 0 Å². The number of amides is 1. The second-order valence-corrected chi connectivity index (χ2v) is 7.46. The molecule has 6 nitrogen and oxygen atoms in total. The molecule has 2 aromatic rings.